The molecule has 1 aliphatic heterocycles. The molecule has 6 nitrogen and oxygen atoms in total. The molecule has 7 unspecified atom stereocenters. The second kappa shape index (κ2) is 9.83. The Morgan fingerprint density at radius 2 is 1.44 bits per heavy atom. The van der Waals surface area contributed by atoms with Crippen LogP contribution in [0.25, 0.3) is 0 Å². The summed E-state index contributed by atoms with van der Waals surface area (Å²) in [5.41, 5.74) is 9.77. The molecule has 3 aromatic rings. The smallest absolute Gasteiger partial charge is 0.393 e. The molecule has 6 heteroatoms. The molecule has 0 saturated heterocycles. The zero-order chi connectivity index (χ0) is 29.3. The van der Waals surface area contributed by atoms with E-state index in [4.69, 9.17) is 5.73 Å². The number of carbonyl (C=O) groups is 2. The number of aliphatic hydroxyl groups is 1. The number of hydrogen-bond donors (Lipinski definition) is 3. The standard InChI is InChI=1S/C37H37N3O3/c38-34(42)31-20-24-19-30(24)40(31)35(43)33(36-21-23-16-29(36)18-25(22-36)32(41)17-23)39-37(26-10-4-1-5-11-26,27-12-6-2-7-13-27)28-14-8-3-9-15-28/h1-15,19,23,25,29,31-33,39,41H,16-18,20-22H2,(H-,38,42)/p+1. The Labute approximate surface area is 252 Å². The maximum Gasteiger partial charge on any atom is 0.405 e. The lowest BCUT2D eigenvalue weighted by atomic mass is 9.69. The molecule has 4 fully saturated rings. The van der Waals surface area contributed by atoms with Gasteiger partial charge in [-0.3, -0.25) is 10.1 Å². The van der Waals surface area contributed by atoms with Gasteiger partial charge in [0.2, 0.25) is 11.8 Å². The van der Waals surface area contributed by atoms with Crippen molar-refractivity contribution in [3.8, 4) is 0 Å². The van der Waals surface area contributed by atoms with Crippen LogP contribution in [0.4, 0.5) is 0 Å². The predicted molar refractivity (Wildman–Crippen MR) is 164 cm³/mol. The van der Waals surface area contributed by atoms with Crippen LogP contribution in [-0.2, 0) is 15.1 Å². The van der Waals surface area contributed by atoms with Gasteiger partial charge in [0.15, 0.2) is 0 Å². The Morgan fingerprint density at radius 1 is 0.860 bits per heavy atom. The van der Waals surface area contributed by atoms with Crippen LogP contribution in [0.5, 0.6) is 0 Å². The maximum atomic E-state index is 15.2. The maximum absolute atomic E-state index is 15.2. The van der Waals surface area contributed by atoms with Crippen LogP contribution < -0.4 is 11.1 Å². The number of primary amides is 1. The fourth-order valence-corrected chi connectivity index (χ4v) is 9.53. The number of nitrogens with one attached hydrogen (secondary N) is 1. The third-order valence-corrected chi connectivity index (χ3v) is 11.4. The summed E-state index contributed by atoms with van der Waals surface area (Å²) in [5.74, 6) is 0.360. The van der Waals surface area contributed by atoms with Gasteiger partial charge in [-0.1, -0.05) is 91.0 Å². The molecule has 43 heavy (non-hydrogen) atoms. The van der Waals surface area contributed by atoms with Crippen molar-refractivity contribution in [2.75, 3.05) is 0 Å². The summed E-state index contributed by atoms with van der Waals surface area (Å²) in [6, 6.07) is 29.9. The quantitative estimate of drug-likeness (QED) is 0.277. The number of benzene rings is 3. The van der Waals surface area contributed by atoms with Gasteiger partial charge in [0.05, 0.1) is 18.1 Å². The zero-order valence-corrected chi connectivity index (χ0v) is 24.2. The van der Waals surface area contributed by atoms with Gasteiger partial charge >= 0.3 is 5.91 Å². The predicted octanol–water partition coefficient (Wildman–Crippen LogP) is 4.30. The minimum atomic E-state index is -0.849. The number of rotatable bonds is 8. The third kappa shape index (κ3) is 4.03. The first-order chi connectivity index (χ1) is 20.9. The summed E-state index contributed by atoms with van der Waals surface area (Å²) in [7, 11) is 0. The van der Waals surface area contributed by atoms with Crippen molar-refractivity contribution in [3.63, 3.8) is 0 Å². The van der Waals surface area contributed by atoms with E-state index in [-0.39, 0.29) is 23.3 Å². The topological polar surface area (TPSA) is 95.4 Å². The molecule has 218 valence electrons. The Kier molecular flexibility index (Phi) is 6.11. The van der Waals surface area contributed by atoms with Gasteiger partial charge in [-0.15, -0.1) is 4.58 Å². The molecular weight excluding hydrogens is 534 g/mol. The molecule has 0 radical (unpaired) electrons. The number of hydrogen-bond acceptors (Lipinski definition) is 4. The minimum absolute atomic E-state index is 0.0718. The number of nitrogens with zero attached hydrogens (tertiary/aromatic N) is 1. The van der Waals surface area contributed by atoms with E-state index >= 15 is 4.79 Å². The number of amides is 2. The van der Waals surface area contributed by atoms with Crippen LogP contribution in [0.15, 0.2) is 103 Å². The van der Waals surface area contributed by atoms with Gasteiger partial charge < -0.3 is 10.8 Å². The third-order valence-electron chi connectivity index (χ3n) is 11.4. The molecule has 5 aliphatic carbocycles. The number of nitrogens with two attached hydrogens (primary N) is 1. The normalized spacial score (nSPS) is 31.0. The van der Waals surface area contributed by atoms with Crippen molar-refractivity contribution < 1.29 is 19.3 Å². The molecule has 4 saturated carbocycles. The van der Waals surface area contributed by atoms with Crippen LogP contribution in [0, 0.1) is 23.2 Å². The highest BCUT2D eigenvalue weighted by Crippen LogP contribution is 2.65. The van der Waals surface area contributed by atoms with E-state index in [1.165, 1.54) is 0 Å². The summed E-state index contributed by atoms with van der Waals surface area (Å²) >= 11 is 0. The van der Waals surface area contributed by atoms with Crippen LogP contribution in [-0.4, -0.2) is 45.4 Å². The number of carbonyl (C=O) groups excluding carboxylic acids is 2. The molecule has 0 spiro atoms. The highest BCUT2D eigenvalue weighted by atomic mass is 16.3. The lowest BCUT2D eigenvalue weighted by Crippen LogP contribution is -2.62. The van der Waals surface area contributed by atoms with Gasteiger partial charge in [0, 0.05) is 17.1 Å². The van der Waals surface area contributed by atoms with E-state index in [9.17, 15) is 9.90 Å². The molecule has 7 atom stereocenters. The molecule has 6 aliphatic rings. The molecule has 1 heterocycles. The second-order valence-corrected chi connectivity index (χ2v) is 13.5. The Morgan fingerprint density at radius 3 is 2.00 bits per heavy atom. The Hall–Kier alpha value is -3.87. The lowest BCUT2D eigenvalue weighted by Gasteiger charge is -2.45. The highest BCUT2D eigenvalue weighted by Gasteiger charge is 2.66. The molecule has 2 amide bonds. The molecule has 0 aromatic heterocycles. The summed E-state index contributed by atoms with van der Waals surface area (Å²) in [5, 5.41) is 15.3. The van der Waals surface area contributed by atoms with Crippen molar-refractivity contribution in [1.29, 1.82) is 0 Å². The number of allylic oxidation sites excluding steroid dienone is 1. The first-order valence-electron chi connectivity index (χ1n) is 15.7. The largest absolute Gasteiger partial charge is 0.405 e. The van der Waals surface area contributed by atoms with E-state index < -0.39 is 23.5 Å². The first kappa shape index (κ1) is 26.7. The van der Waals surface area contributed by atoms with Crippen molar-refractivity contribution in [2.45, 2.75) is 62.3 Å². The number of aliphatic hydroxyl groups excluding tert-OH is 1. The molecule has 3 aromatic carbocycles. The van der Waals surface area contributed by atoms with Gasteiger partial charge in [-0.25, -0.2) is 4.79 Å². The van der Waals surface area contributed by atoms with E-state index in [0.717, 1.165) is 60.1 Å². The molecule has 4 bridgehead atoms. The van der Waals surface area contributed by atoms with Crippen LogP contribution >= 0.6 is 0 Å². The van der Waals surface area contributed by atoms with Gasteiger partial charge in [-0.05, 0) is 66.5 Å². The van der Waals surface area contributed by atoms with Crippen LogP contribution in [0.2, 0.25) is 0 Å². The van der Waals surface area contributed by atoms with Gasteiger partial charge in [0.1, 0.15) is 6.04 Å². The van der Waals surface area contributed by atoms with Crippen molar-refractivity contribution in [1.82, 2.24) is 5.32 Å². The minimum Gasteiger partial charge on any atom is -0.393 e. The highest BCUT2D eigenvalue weighted by molar-refractivity contribution is 6.23. The monoisotopic (exact) mass is 572 g/mol. The van der Waals surface area contributed by atoms with E-state index in [1.54, 1.807) is 4.58 Å². The fraction of sp³-hybridized carbons (Fsp3) is 0.378. The summed E-state index contributed by atoms with van der Waals surface area (Å²) < 4.78 is 1.71. The van der Waals surface area contributed by atoms with E-state index in [2.05, 4.69) is 78.1 Å². The average Bonchev–Trinajstić information content (AvgIpc) is 3.47. The van der Waals surface area contributed by atoms with Crippen LogP contribution in [0.3, 0.4) is 0 Å². The number of fused-ring (bicyclic) bond motifs is 2. The van der Waals surface area contributed by atoms with E-state index in [1.807, 2.05) is 24.3 Å². The van der Waals surface area contributed by atoms with Crippen molar-refractivity contribution >= 4 is 17.5 Å². The fourth-order valence-electron chi connectivity index (χ4n) is 9.53. The summed E-state index contributed by atoms with van der Waals surface area (Å²) in [4.78, 5) is 27.9. The van der Waals surface area contributed by atoms with Crippen molar-refractivity contribution in [3.05, 3.63) is 119 Å². The summed E-state index contributed by atoms with van der Waals surface area (Å²) in [6.45, 7) is 0. The Balaban J connectivity index is 1.35. The average molecular weight is 573 g/mol. The molecular formula is C37H38N3O3+. The van der Waals surface area contributed by atoms with Crippen molar-refractivity contribution in [2.24, 2.45) is 28.9 Å². The molecule has 4 N–H and O–H groups in total. The SMILES string of the molecule is NC(=O)C1CC2=CC2=[N+]1C(=O)C(NC(c1ccccc1)(c1ccccc1)c1ccccc1)C12CC3CC(O)C(CC1C3)C2. The van der Waals surface area contributed by atoms with Gasteiger partial charge in [0.25, 0.3) is 5.91 Å². The van der Waals surface area contributed by atoms with Crippen LogP contribution in [0.1, 0.15) is 55.2 Å². The Bertz CT molecular complexity index is 1550. The molecule has 9 rings (SSSR count). The zero-order valence-electron chi connectivity index (χ0n) is 24.2. The second-order valence-electron chi connectivity index (χ2n) is 13.5. The van der Waals surface area contributed by atoms with Gasteiger partial charge in [-0.2, -0.15) is 0 Å². The van der Waals surface area contributed by atoms with E-state index in [0.29, 0.717) is 18.3 Å². The summed E-state index contributed by atoms with van der Waals surface area (Å²) in [6.07, 6.45) is 6.66. The lowest BCUT2D eigenvalue weighted by molar-refractivity contribution is -0.469. The first-order valence-corrected chi connectivity index (χ1v) is 15.7.